The van der Waals surface area contributed by atoms with Gasteiger partial charge < -0.3 is 24.4 Å². The van der Waals surface area contributed by atoms with E-state index in [0.717, 1.165) is 38.5 Å². The van der Waals surface area contributed by atoms with E-state index in [0.29, 0.717) is 11.5 Å². The van der Waals surface area contributed by atoms with E-state index in [1.165, 1.54) is 0 Å². The van der Waals surface area contributed by atoms with E-state index in [1.54, 1.807) is 7.11 Å². The first-order valence-electron chi connectivity index (χ1n) is 10.1. The smallest absolute Gasteiger partial charge is 0.262 e. The van der Waals surface area contributed by atoms with Crippen LogP contribution in [-0.4, -0.2) is 54.8 Å². The molecule has 1 aliphatic heterocycles. The number of nitrogens with one attached hydrogen (secondary N) is 1. The van der Waals surface area contributed by atoms with Crippen LogP contribution in [0, 0.1) is 10.5 Å². The van der Waals surface area contributed by atoms with Gasteiger partial charge in [0.2, 0.25) is 0 Å². The van der Waals surface area contributed by atoms with Crippen molar-refractivity contribution in [3.05, 3.63) is 51.1 Å². The number of hydrogen-bond acceptors (Lipinski definition) is 5. The monoisotopic (exact) mass is 554 g/mol. The van der Waals surface area contributed by atoms with Crippen molar-refractivity contribution < 1.29 is 19.0 Å². The second kappa shape index (κ2) is 10.6. The zero-order valence-corrected chi connectivity index (χ0v) is 21.1. The Balaban J connectivity index is 1.69. The van der Waals surface area contributed by atoms with Crippen LogP contribution in [-0.2, 0) is 9.53 Å². The summed E-state index contributed by atoms with van der Waals surface area (Å²) < 4.78 is 18.0. The number of nitrogens with zero attached hydrogens (tertiary/aromatic N) is 1. The van der Waals surface area contributed by atoms with E-state index in [9.17, 15) is 4.79 Å². The summed E-state index contributed by atoms with van der Waals surface area (Å²) in [6.07, 6.45) is 0.245. The van der Waals surface area contributed by atoms with E-state index >= 15 is 0 Å². The quantitative estimate of drug-likeness (QED) is 0.422. The van der Waals surface area contributed by atoms with E-state index in [2.05, 4.69) is 32.8 Å². The number of aryl methyl sites for hydroxylation is 1. The Morgan fingerprint density at radius 1 is 1.23 bits per heavy atom. The largest absolute Gasteiger partial charge is 0.493 e. The number of amides is 1. The molecule has 1 fully saturated rings. The second-order valence-electron chi connectivity index (χ2n) is 7.66. The third kappa shape index (κ3) is 6.30. The van der Waals surface area contributed by atoms with Gasteiger partial charge in [0, 0.05) is 24.3 Å². The number of anilines is 1. The second-order valence-corrected chi connectivity index (χ2v) is 9.21. The number of carbonyl (C=O) groups is 1. The molecule has 2 aromatic rings. The number of benzene rings is 2. The number of thiocarbonyl (C=S) groups is 1. The zero-order valence-electron chi connectivity index (χ0n) is 18.1. The van der Waals surface area contributed by atoms with E-state index < -0.39 is 0 Å². The Kier molecular flexibility index (Phi) is 8.12. The molecule has 0 aliphatic carbocycles. The highest BCUT2D eigenvalue weighted by Gasteiger charge is 2.25. The molecule has 0 unspecified atom stereocenters. The summed E-state index contributed by atoms with van der Waals surface area (Å²) in [4.78, 5) is 15.2. The van der Waals surface area contributed by atoms with Crippen LogP contribution in [0.3, 0.4) is 0 Å². The molecule has 8 heteroatoms. The molecule has 0 saturated carbocycles. The van der Waals surface area contributed by atoms with Crippen LogP contribution in [0.1, 0.15) is 25.0 Å². The van der Waals surface area contributed by atoms with Crippen molar-refractivity contribution in [2.45, 2.75) is 33.0 Å². The molecule has 0 aromatic heterocycles. The van der Waals surface area contributed by atoms with Crippen LogP contribution < -0.4 is 14.8 Å². The Bertz CT molecular complexity index is 941. The average molecular weight is 554 g/mol. The van der Waals surface area contributed by atoms with Crippen LogP contribution >= 0.6 is 34.8 Å². The molecule has 1 heterocycles. The number of rotatable bonds is 6. The van der Waals surface area contributed by atoms with Gasteiger partial charge in [-0.05, 0) is 67.6 Å². The number of ether oxygens (including phenoxy) is 3. The summed E-state index contributed by atoms with van der Waals surface area (Å²) in [5.74, 6) is 0.830. The van der Waals surface area contributed by atoms with Crippen molar-refractivity contribution in [1.82, 2.24) is 4.90 Å². The first-order valence-corrected chi connectivity index (χ1v) is 11.6. The standard InChI is InChI=1S/C23H27IN2O4S/c1-14-5-7-18(8-6-14)25-21(27)13-29-22-19(24)9-17(10-20(22)28-4)23(31)26-11-15(2)30-16(3)12-26/h5-10,15-16H,11-13H2,1-4H3,(H,25,27)/t15-,16-/m1/s1. The average Bonchev–Trinajstić information content (AvgIpc) is 2.72. The third-order valence-corrected chi connectivity index (χ3v) is 6.16. The molecular formula is C23H27IN2O4S. The van der Waals surface area contributed by atoms with Crippen LogP contribution in [0.25, 0.3) is 0 Å². The molecule has 0 bridgehead atoms. The van der Waals surface area contributed by atoms with Gasteiger partial charge in [-0.1, -0.05) is 29.9 Å². The summed E-state index contributed by atoms with van der Waals surface area (Å²) in [5, 5.41) is 2.83. The van der Waals surface area contributed by atoms with E-state index in [-0.39, 0.29) is 24.7 Å². The van der Waals surface area contributed by atoms with Crippen LogP contribution in [0.2, 0.25) is 0 Å². The predicted molar refractivity (Wildman–Crippen MR) is 134 cm³/mol. The molecule has 0 radical (unpaired) electrons. The number of methoxy groups -OCH3 is 1. The zero-order chi connectivity index (χ0) is 22.5. The molecule has 166 valence electrons. The minimum absolute atomic E-state index is 0.122. The summed E-state index contributed by atoms with van der Waals surface area (Å²) in [6.45, 7) is 7.47. The van der Waals surface area contributed by atoms with Crippen molar-refractivity contribution in [1.29, 1.82) is 0 Å². The van der Waals surface area contributed by atoms with Gasteiger partial charge in [-0.3, -0.25) is 4.79 Å². The van der Waals surface area contributed by atoms with Gasteiger partial charge in [0.15, 0.2) is 18.1 Å². The topological polar surface area (TPSA) is 60.0 Å². The molecule has 2 aromatic carbocycles. The Hall–Kier alpha value is -1.91. The molecule has 6 nitrogen and oxygen atoms in total. The summed E-state index contributed by atoms with van der Waals surface area (Å²) in [6, 6.07) is 11.4. The highest BCUT2D eigenvalue weighted by Crippen LogP contribution is 2.34. The highest BCUT2D eigenvalue weighted by molar-refractivity contribution is 14.1. The highest BCUT2D eigenvalue weighted by atomic mass is 127. The minimum atomic E-state index is -0.238. The van der Waals surface area contributed by atoms with Gasteiger partial charge in [0.1, 0.15) is 4.99 Å². The predicted octanol–water partition coefficient (Wildman–Crippen LogP) is 4.41. The van der Waals surface area contributed by atoms with Crippen LogP contribution in [0.4, 0.5) is 5.69 Å². The van der Waals surface area contributed by atoms with Gasteiger partial charge in [0.25, 0.3) is 5.91 Å². The number of hydrogen-bond donors (Lipinski definition) is 1. The fraction of sp³-hybridized carbons (Fsp3) is 0.391. The lowest BCUT2D eigenvalue weighted by atomic mass is 10.1. The normalized spacial score (nSPS) is 18.4. The Morgan fingerprint density at radius 2 is 1.87 bits per heavy atom. The fourth-order valence-corrected chi connectivity index (χ4v) is 4.51. The maximum atomic E-state index is 12.3. The molecule has 3 rings (SSSR count). The molecule has 1 amide bonds. The summed E-state index contributed by atoms with van der Waals surface area (Å²) in [5.41, 5.74) is 2.75. The lowest BCUT2D eigenvalue weighted by Crippen LogP contribution is -2.47. The number of morpholine rings is 1. The molecule has 2 atom stereocenters. The summed E-state index contributed by atoms with van der Waals surface area (Å²) in [7, 11) is 1.58. The van der Waals surface area contributed by atoms with Gasteiger partial charge in [0.05, 0.1) is 22.9 Å². The molecule has 0 spiro atoms. The summed E-state index contributed by atoms with van der Waals surface area (Å²) >= 11 is 7.93. The first kappa shape index (κ1) is 23.7. The van der Waals surface area contributed by atoms with Gasteiger partial charge in [-0.2, -0.15) is 0 Å². The lowest BCUT2D eigenvalue weighted by molar-refractivity contribution is -0.118. The van der Waals surface area contributed by atoms with Gasteiger partial charge in [-0.15, -0.1) is 0 Å². The number of carbonyl (C=O) groups excluding carboxylic acids is 1. The minimum Gasteiger partial charge on any atom is -0.493 e. The maximum absolute atomic E-state index is 12.3. The van der Waals surface area contributed by atoms with Gasteiger partial charge in [-0.25, -0.2) is 0 Å². The molecule has 1 saturated heterocycles. The van der Waals surface area contributed by atoms with Crippen LogP contribution in [0.15, 0.2) is 36.4 Å². The maximum Gasteiger partial charge on any atom is 0.262 e. The van der Waals surface area contributed by atoms with Crippen molar-refractivity contribution >= 4 is 51.4 Å². The van der Waals surface area contributed by atoms with Crippen molar-refractivity contribution in [3.63, 3.8) is 0 Å². The molecule has 1 aliphatic rings. The third-order valence-electron chi connectivity index (χ3n) is 4.87. The fourth-order valence-electron chi connectivity index (χ4n) is 3.48. The Labute approximate surface area is 202 Å². The van der Waals surface area contributed by atoms with Gasteiger partial charge >= 0.3 is 0 Å². The Morgan fingerprint density at radius 3 is 2.48 bits per heavy atom. The lowest BCUT2D eigenvalue weighted by Gasteiger charge is -2.37. The molecule has 1 N–H and O–H groups in total. The first-order chi connectivity index (χ1) is 14.8. The SMILES string of the molecule is COc1cc(C(=S)N2C[C@@H](C)O[C@H](C)C2)cc(I)c1OCC(=O)Nc1ccc(C)cc1. The van der Waals surface area contributed by atoms with Crippen molar-refractivity contribution in [2.75, 3.05) is 32.1 Å². The molecular weight excluding hydrogens is 527 g/mol. The molecule has 31 heavy (non-hydrogen) atoms. The number of halogens is 1. The van der Waals surface area contributed by atoms with Crippen LogP contribution in [0.5, 0.6) is 11.5 Å². The van der Waals surface area contributed by atoms with E-state index in [4.69, 9.17) is 26.4 Å². The van der Waals surface area contributed by atoms with Crippen molar-refractivity contribution in [2.24, 2.45) is 0 Å². The van der Waals surface area contributed by atoms with Crippen molar-refractivity contribution in [3.8, 4) is 11.5 Å². The van der Waals surface area contributed by atoms with E-state index in [1.807, 2.05) is 57.2 Å².